The zero-order valence-corrected chi connectivity index (χ0v) is 12.4. The van der Waals surface area contributed by atoms with Crippen LogP contribution in [0, 0.1) is 0 Å². The van der Waals surface area contributed by atoms with Crippen LogP contribution in [-0.2, 0) is 11.3 Å². The Labute approximate surface area is 115 Å². The third-order valence-electron chi connectivity index (χ3n) is 2.63. The molecule has 5 nitrogen and oxygen atoms in total. The van der Waals surface area contributed by atoms with Crippen LogP contribution in [0.1, 0.15) is 31.3 Å². The minimum Gasteiger partial charge on any atom is -0.368 e. The second kappa shape index (κ2) is 6.04. The van der Waals surface area contributed by atoms with E-state index < -0.39 is 5.91 Å². The lowest BCUT2D eigenvalue weighted by molar-refractivity contribution is -0.119. The quantitative estimate of drug-likeness (QED) is 0.896. The standard InChI is InChI=1S/C12H18BrN3O2/c1-4-15-6-9(13)5-10(15)12(18)16(8(2)3)7-11(14)17/h5-6,8H,4,7H2,1-3H3,(H2,14,17). The van der Waals surface area contributed by atoms with Gasteiger partial charge in [-0.2, -0.15) is 0 Å². The van der Waals surface area contributed by atoms with Crippen molar-refractivity contribution < 1.29 is 9.59 Å². The molecule has 1 aromatic rings. The van der Waals surface area contributed by atoms with Crippen LogP contribution in [-0.4, -0.2) is 33.9 Å². The first-order chi connectivity index (χ1) is 8.36. The van der Waals surface area contributed by atoms with Crippen molar-refractivity contribution in [2.75, 3.05) is 6.54 Å². The van der Waals surface area contributed by atoms with Gasteiger partial charge in [-0.25, -0.2) is 0 Å². The van der Waals surface area contributed by atoms with Crippen LogP contribution < -0.4 is 5.73 Å². The molecular weight excluding hydrogens is 298 g/mol. The summed E-state index contributed by atoms with van der Waals surface area (Å²) in [5.41, 5.74) is 5.73. The van der Waals surface area contributed by atoms with Crippen molar-refractivity contribution >= 4 is 27.7 Å². The molecule has 0 fully saturated rings. The SMILES string of the molecule is CCn1cc(Br)cc1C(=O)N(CC(N)=O)C(C)C. The van der Waals surface area contributed by atoms with Crippen LogP contribution >= 0.6 is 15.9 Å². The number of amides is 2. The van der Waals surface area contributed by atoms with E-state index in [-0.39, 0.29) is 18.5 Å². The largest absolute Gasteiger partial charge is 0.368 e. The minimum absolute atomic E-state index is 0.0665. The van der Waals surface area contributed by atoms with E-state index in [1.807, 2.05) is 31.5 Å². The average molecular weight is 316 g/mol. The molecule has 2 N–H and O–H groups in total. The number of nitrogens with zero attached hydrogens (tertiary/aromatic N) is 2. The van der Waals surface area contributed by atoms with Gasteiger partial charge in [0.2, 0.25) is 5.91 Å². The fourth-order valence-corrected chi connectivity index (χ4v) is 2.18. The van der Waals surface area contributed by atoms with Crippen molar-refractivity contribution in [3.8, 4) is 0 Å². The van der Waals surface area contributed by atoms with E-state index in [0.29, 0.717) is 12.2 Å². The first-order valence-corrected chi connectivity index (χ1v) is 6.61. The van der Waals surface area contributed by atoms with Gasteiger partial charge in [-0.15, -0.1) is 0 Å². The monoisotopic (exact) mass is 315 g/mol. The van der Waals surface area contributed by atoms with Crippen molar-refractivity contribution in [2.24, 2.45) is 5.73 Å². The number of rotatable bonds is 5. The van der Waals surface area contributed by atoms with Gasteiger partial charge in [0, 0.05) is 23.3 Å². The number of aromatic nitrogens is 1. The zero-order valence-electron chi connectivity index (χ0n) is 10.8. The third-order valence-corrected chi connectivity index (χ3v) is 3.07. The molecular formula is C12H18BrN3O2. The topological polar surface area (TPSA) is 68.3 Å². The second-order valence-electron chi connectivity index (χ2n) is 4.32. The third kappa shape index (κ3) is 3.35. The molecule has 0 saturated heterocycles. The Morgan fingerprint density at radius 3 is 2.56 bits per heavy atom. The summed E-state index contributed by atoms with van der Waals surface area (Å²) in [7, 11) is 0. The van der Waals surface area contributed by atoms with Gasteiger partial charge in [0.05, 0.1) is 6.54 Å². The Balaban J connectivity index is 3.05. The number of hydrogen-bond acceptors (Lipinski definition) is 2. The average Bonchev–Trinajstić information content (AvgIpc) is 2.65. The van der Waals surface area contributed by atoms with Crippen molar-refractivity contribution in [1.82, 2.24) is 9.47 Å². The van der Waals surface area contributed by atoms with E-state index in [4.69, 9.17) is 5.73 Å². The maximum Gasteiger partial charge on any atom is 0.271 e. The Morgan fingerprint density at radius 2 is 2.11 bits per heavy atom. The lowest BCUT2D eigenvalue weighted by atomic mass is 10.2. The van der Waals surface area contributed by atoms with Crippen molar-refractivity contribution in [2.45, 2.75) is 33.4 Å². The van der Waals surface area contributed by atoms with Crippen molar-refractivity contribution in [1.29, 1.82) is 0 Å². The molecule has 0 spiro atoms. The van der Waals surface area contributed by atoms with Gasteiger partial charge < -0.3 is 15.2 Å². The Hall–Kier alpha value is -1.30. The molecule has 0 saturated carbocycles. The maximum atomic E-state index is 12.4. The number of primary amides is 1. The van der Waals surface area contributed by atoms with E-state index in [9.17, 15) is 9.59 Å². The van der Waals surface area contributed by atoms with Crippen LogP contribution in [0.4, 0.5) is 0 Å². The number of nitrogens with two attached hydrogens (primary N) is 1. The molecule has 18 heavy (non-hydrogen) atoms. The van der Waals surface area contributed by atoms with E-state index in [2.05, 4.69) is 15.9 Å². The molecule has 0 aliphatic rings. The number of carbonyl (C=O) groups excluding carboxylic acids is 2. The predicted molar refractivity (Wildman–Crippen MR) is 73.2 cm³/mol. The highest BCUT2D eigenvalue weighted by atomic mass is 79.9. The van der Waals surface area contributed by atoms with Gasteiger partial charge in [0.15, 0.2) is 0 Å². The summed E-state index contributed by atoms with van der Waals surface area (Å²) in [6.07, 6.45) is 1.84. The highest BCUT2D eigenvalue weighted by Gasteiger charge is 2.23. The highest BCUT2D eigenvalue weighted by Crippen LogP contribution is 2.17. The van der Waals surface area contributed by atoms with Gasteiger partial charge >= 0.3 is 0 Å². The molecule has 0 unspecified atom stereocenters. The van der Waals surface area contributed by atoms with Crippen LogP contribution in [0.15, 0.2) is 16.7 Å². The fraction of sp³-hybridized carbons (Fsp3) is 0.500. The molecule has 1 aromatic heterocycles. The van der Waals surface area contributed by atoms with Crippen LogP contribution in [0.2, 0.25) is 0 Å². The zero-order chi connectivity index (χ0) is 13.9. The van der Waals surface area contributed by atoms with Gasteiger partial charge in [-0.3, -0.25) is 9.59 Å². The van der Waals surface area contributed by atoms with Gasteiger partial charge in [-0.1, -0.05) is 0 Å². The molecule has 0 atom stereocenters. The van der Waals surface area contributed by atoms with Crippen molar-refractivity contribution in [3.05, 3.63) is 22.4 Å². The normalized spacial score (nSPS) is 10.7. The van der Waals surface area contributed by atoms with Gasteiger partial charge in [0.1, 0.15) is 5.69 Å². The molecule has 0 bridgehead atoms. The van der Waals surface area contributed by atoms with E-state index in [1.54, 1.807) is 6.07 Å². The molecule has 0 aliphatic heterocycles. The smallest absolute Gasteiger partial charge is 0.271 e. The second-order valence-corrected chi connectivity index (χ2v) is 5.24. The summed E-state index contributed by atoms with van der Waals surface area (Å²) in [5.74, 6) is -0.693. The summed E-state index contributed by atoms with van der Waals surface area (Å²) in [6, 6.07) is 1.67. The van der Waals surface area contributed by atoms with Crippen LogP contribution in [0.3, 0.4) is 0 Å². The van der Waals surface area contributed by atoms with E-state index in [0.717, 1.165) is 4.47 Å². The lowest BCUT2D eigenvalue weighted by Gasteiger charge is -2.25. The minimum atomic E-state index is -0.509. The molecule has 1 rings (SSSR count). The van der Waals surface area contributed by atoms with Crippen LogP contribution in [0.5, 0.6) is 0 Å². The maximum absolute atomic E-state index is 12.4. The number of carbonyl (C=O) groups is 2. The lowest BCUT2D eigenvalue weighted by Crippen LogP contribution is -2.43. The highest BCUT2D eigenvalue weighted by molar-refractivity contribution is 9.10. The summed E-state index contributed by atoms with van der Waals surface area (Å²) in [5, 5.41) is 0. The summed E-state index contributed by atoms with van der Waals surface area (Å²) in [6.45, 7) is 6.29. The molecule has 2 amide bonds. The molecule has 0 radical (unpaired) electrons. The molecule has 100 valence electrons. The van der Waals surface area contributed by atoms with E-state index >= 15 is 0 Å². The van der Waals surface area contributed by atoms with Crippen LogP contribution in [0.25, 0.3) is 0 Å². The summed E-state index contributed by atoms with van der Waals surface area (Å²) in [4.78, 5) is 24.9. The number of aryl methyl sites for hydroxylation is 1. The molecule has 0 aliphatic carbocycles. The molecule has 0 aromatic carbocycles. The van der Waals surface area contributed by atoms with Crippen molar-refractivity contribution in [3.63, 3.8) is 0 Å². The molecule has 1 heterocycles. The van der Waals surface area contributed by atoms with Gasteiger partial charge in [-0.05, 0) is 42.8 Å². The fourth-order valence-electron chi connectivity index (χ4n) is 1.72. The Kier molecular flexibility index (Phi) is 4.95. The molecule has 6 heteroatoms. The Bertz CT molecular complexity index is 454. The first kappa shape index (κ1) is 14.8. The van der Waals surface area contributed by atoms with E-state index in [1.165, 1.54) is 4.90 Å². The number of halogens is 1. The summed E-state index contributed by atoms with van der Waals surface area (Å²) < 4.78 is 2.68. The van der Waals surface area contributed by atoms with Gasteiger partial charge in [0.25, 0.3) is 5.91 Å². The summed E-state index contributed by atoms with van der Waals surface area (Å²) >= 11 is 3.35. The first-order valence-electron chi connectivity index (χ1n) is 5.81. The predicted octanol–water partition coefficient (Wildman–Crippen LogP) is 1.61. The Morgan fingerprint density at radius 1 is 1.50 bits per heavy atom. The number of hydrogen-bond donors (Lipinski definition) is 1.